The van der Waals surface area contributed by atoms with Crippen molar-refractivity contribution in [3.63, 3.8) is 0 Å². The molecule has 0 saturated heterocycles. The summed E-state index contributed by atoms with van der Waals surface area (Å²) >= 11 is 1.84. The van der Waals surface area contributed by atoms with Crippen LogP contribution in [-0.4, -0.2) is 7.11 Å². The second kappa shape index (κ2) is 6.35. The molecule has 3 aromatic rings. The molecule has 0 radical (unpaired) electrons. The zero-order valence-electron chi connectivity index (χ0n) is 12.5. The Hall–Kier alpha value is -1.74. The topological polar surface area (TPSA) is 22.4 Å². The largest absolute Gasteiger partial charge is 0.497 e. The van der Waals surface area contributed by atoms with Crippen LogP contribution in [0.5, 0.6) is 5.75 Å². The Bertz CT molecular complexity index is 724. The number of unbranched alkanes of at least 4 members (excludes halogenated alkanes) is 2. The monoisotopic (exact) mass is 300 g/mol. The van der Waals surface area contributed by atoms with Gasteiger partial charge in [0, 0.05) is 16.3 Å². The predicted octanol–water partition coefficient (Wildman–Crippen LogP) is 5.90. The number of thiophene rings is 1. The average Bonchev–Trinajstić information content (AvgIpc) is 3.12. The van der Waals surface area contributed by atoms with Crippen LogP contribution in [-0.2, 0) is 6.42 Å². The zero-order chi connectivity index (χ0) is 14.7. The fourth-order valence-corrected chi connectivity index (χ4v) is 3.46. The molecule has 0 aliphatic carbocycles. The van der Waals surface area contributed by atoms with Gasteiger partial charge in [-0.15, -0.1) is 11.3 Å². The first-order valence-corrected chi connectivity index (χ1v) is 8.28. The number of benzene rings is 1. The standard InChI is InChI=1S/C18H20O2S/c1-3-4-5-6-15-9-10-18(21-15)17-11-13-7-8-14(19-2)12-16(13)20-17/h7-12H,3-6H2,1-2H3. The first-order valence-electron chi connectivity index (χ1n) is 7.47. The second-order valence-electron chi connectivity index (χ2n) is 5.24. The number of furan rings is 1. The van der Waals surface area contributed by atoms with Crippen LogP contribution in [0.4, 0.5) is 0 Å². The normalized spacial score (nSPS) is 11.1. The lowest BCUT2D eigenvalue weighted by molar-refractivity contribution is 0.414. The molecule has 2 heterocycles. The lowest BCUT2D eigenvalue weighted by atomic mass is 10.2. The lowest BCUT2D eigenvalue weighted by Gasteiger charge is -1.96. The smallest absolute Gasteiger partial charge is 0.145 e. The minimum atomic E-state index is 0.829. The van der Waals surface area contributed by atoms with E-state index in [1.807, 2.05) is 29.5 Å². The number of ether oxygens (including phenoxy) is 1. The molecule has 0 N–H and O–H groups in total. The van der Waals surface area contributed by atoms with Crippen LogP contribution in [0.25, 0.3) is 21.6 Å². The Morgan fingerprint density at radius 3 is 2.81 bits per heavy atom. The van der Waals surface area contributed by atoms with E-state index in [4.69, 9.17) is 9.15 Å². The maximum absolute atomic E-state index is 5.97. The van der Waals surface area contributed by atoms with Gasteiger partial charge in [0.25, 0.3) is 0 Å². The van der Waals surface area contributed by atoms with Gasteiger partial charge in [0.05, 0.1) is 12.0 Å². The minimum absolute atomic E-state index is 0.829. The number of rotatable bonds is 6. The van der Waals surface area contributed by atoms with Crippen LogP contribution in [0, 0.1) is 0 Å². The van der Waals surface area contributed by atoms with E-state index in [0.29, 0.717) is 0 Å². The summed E-state index contributed by atoms with van der Waals surface area (Å²) in [5.74, 6) is 1.78. The van der Waals surface area contributed by atoms with Gasteiger partial charge in [-0.25, -0.2) is 0 Å². The van der Waals surface area contributed by atoms with E-state index in [2.05, 4.69) is 25.1 Å². The Balaban J connectivity index is 1.83. The maximum Gasteiger partial charge on any atom is 0.145 e. The van der Waals surface area contributed by atoms with Crippen molar-refractivity contribution in [2.75, 3.05) is 7.11 Å². The van der Waals surface area contributed by atoms with E-state index in [-0.39, 0.29) is 0 Å². The Morgan fingerprint density at radius 2 is 2.00 bits per heavy atom. The molecule has 0 aliphatic heterocycles. The first-order chi connectivity index (χ1) is 10.3. The molecular formula is C18H20O2S. The van der Waals surface area contributed by atoms with Crippen LogP contribution in [0.3, 0.4) is 0 Å². The summed E-state index contributed by atoms with van der Waals surface area (Å²) in [6, 6.07) is 12.4. The fourth-order valence-electron chi connectivity index (χ4n) is 2.45. The van der Waals surface area contributed by atoms with Crippen LogP contribution < -0.4 is 4.74 Å². The van der Waals surface area contributed by atoms with Crippen molar-refractivity contribution in [2.24, 2.45) is 0 Å². The third-order valence-corrected chi connectivity index (χ3v) is 4.82. The molecule has 0 amide bonds. The Kier molecular flexibility index (Phi) is 4.30. The molecule has 0 bridgehead atoms. The van der Waals surface area contributed by atoms with Gasteiger partial charge in [-0.2, -0.15) is 0 Å². The molecule has 2 aromatic heterocycles. The number of fused-ring (bicyclic) bond motifs is 1. The fraction of sp³-hybridized carbons (Fsp3) is 0.333. The third kappa shape index (κ3) is 3.13. The summed E-state index contributed by atoms with van der Waals surface area (Å²) in [5, 5.41) is 1.12. The average molecular weight is 300 g/mol. The molecule has 0 spiro atoms. The van der Waals surface area contributed by atoms with Crippen molar-refractivity contribution in [2.45, 2.75) is 32.6 Å². The molecule has 0 aliphatic rings. The van der Waals surface area contributed by atoms with E-state index in [0.717, 1.165) is 22.5 Å². The summed E-state index contributed by atoms with van der Waals surface area (Å²) in [6.45, 7) is 2.24. The van der Waals surface area contributed by atoms with Gasteiger partial charge in [-0.3, -0.25) is 0 Å². The second-order valence-corrected chi connectivity index (χ2v) is 6.41. The number of aryl methyl sites for hydroxylation is 1. The zero-order valence-corrected chi connectivity index (χ0v) is 13.3. The molecule has 110 valence electrons. The maximum atomic E-state index is 5.97. The Labute approximate surface area is 129 Å². The SMILES string of the molecule is CCCCCc1ccc(-c2cc3ccc(OC)cc3o2)s1. The van der Waals surface area contributed by atoms with Gasteiger partial charge in [-0.05, 0) is 43.2 Å². The van der Waals surface area contributed by atoms with E-state index in [1.165, 1.54) is 35.4 Å². The van der Waals surface area contributed by atoms with Crippen molar-refractivity contribution in [1.82, 2.24) is 0 Å². The molecule has 3 rings (SSSR count). The van der Waals surface area contributed by atoms with Gasteiger partial charge in [0.15, 0.2) is 0 Å². The van der Waals surface area contributed by atoms with Crippen LogP contribution in [0.15, 0.2) is 40.8 Å². The molecule has 0 fully saturated rings. The molecular weight excluding hydrogens is 280 g/mol. The molecule has 0 unspecified atom stereocenters. The number of methoxy groups -OCH3 is 1. The van der Waals surface area contributed by atoms with E-state index >= 15 is 0 Å². The summed E-state index contributed by atoms with van der Waals surface area (Å²) < 4.78 is 11.2. The van der Waals surface area contributed by atoms with Crippen molar-refractivity contribution in [1.29, 1.82) is 0 Å². The van der Waals surface area contributed by atoms with Crippen molar-refractivity contribution in [3.05, 3.63) is 41.3 Å². The van der Waals surface area contributed by atoms with Crippen molar-refractivity contribution >= 4 is 22.3 Å². The molecule has 0 atom stereocenters. The van der Waals surface area contributed by atoms with Gasteiger partial charge in [0.2, 0.25) is 0 Å². The lowest BCUT2D eigenvalue weighted by Crippen LogP contribution is -1.79. The van der Waals surface area contributed by atoms with Crippen LogP contribution >= 0.6 is 11.3 Å². The highest BCUT2D eigenvalue weighted by molar-refractivity contribution is 7.15. The minimum Gasteiger partial charge on any atom is -0.497 e. The van der Waals surface area contributed by atoms with Gasteiger partial charge in [-0.1, -0.05) is 19.8 Å². The van der Waals surface area contributed by atoms with Crippen LogP contribution in [0.2, 0.25) is 0 Å². The molecule has 21 heavy (non-hydrogen) atoms. The van der Waals surface area contributed by atoms with Crippen molar-refractivity contribution < 1.29 is 9.15 Å². The summed E-state index contributed by atoms with van der Waals surface area (Å²) in [5.41, 5.74) is 0.880. The predicted molar refractivity (Wildman–Crippen MR) is 89.3 cm³/mol. The highest BCUT2D eigenvalue weighted by Crippen LogP contribution is 2.34. The quantitative estimate of drug-likeness (QED) is 0.529. The summed E-state index contributed by atoms with van der Waals surface area (Å²) in [4.78, 5) is 2.65. The van der Waals surface area contributed by atoms with Crippen LogP contribution in [0.1, 0.15) is 31.1 Å². The number of hydrogen-bond acceptors (Lipinski definition) is 3. The summed E-state index contributed by atoms with van der Waals surface area (Å²) in [7, 11) is 1.67. The molecule has 0 saturated carbocycles. The van der Waals surface area contributed by atoms with Gasteiger partial charge < -0.3 is 9.15 Å². The Morgan fingerprint density at radius 1 is 1.10 bits per heavy atom. The first kappa shape index (κ1) is 14.2. The molecule has 3 heteroatoms. The highest BCUT2D eigenvalue weighted by atomic mass is 32.1. The van der Waals surface area contributed by atoms with Gasteiger partial charge in [0.1, 0.15) is 17.1 Å². The van der Waals surface area contributed by atoms with Gasteiger partial charge >= 0.3 is 0 Å². The highest BCUT2D eigenvalue weighted by Gasteiger charge is 2.09. The van der Waals surface area contributed by atoms with E-state index in [9.17, 15) is 0 Å². The molecule has 1 aromatic carbocycles. The van der Waals surface area contributed by atoms with E-state index in [1.54, 1.807) is 7.11 Å². The van der Waals surface area contributed by atoms with E-state index < -0.39 is 0 Å². The number of hydrogen-bond donors (Lipinski definition) is 0. The van der Waals surface area contributed by atoms with Crippen molar-refractivity contribution in [3.8, 4) is 16.4 Å². The summed E-state index contributed by atoms with van der Waals surface area (Å²) in [6.07, 6.45) is 5.02. The third-order valence-electron chi connectivity index (χ3n) is 3.66. The molecule has 2 nitrogen and oxygen atoms in total.